The molecule has 0 aliphatic rings. The van der Waals surface area contributed by atoms with E-state index in [4.69, 9.17) is 9.47 Å². The van der Waals surface area contributed by atoms with Crippen LogP contribution in [0.3, 0.4) is 0 Å². The minimum absolute atomic E-state index is 0.0878. The number of halogens is 2. The molecule has 0 amide bonds. The first-order valence-corrected chi connectivity index (χ1v) is 6.36. The maximum Gasteiger partial charge on any atom is 0.326 e. The van der Waals surface area contributed by atoms with Crippen LogP contribution in [-0.4, -0.2) is 31.8 Å². The standard InChI is InChI=1S/C14H19F2NO3/c1-4-19-13(18)14(2,17-3)5-6-20-12-8-10(15)7-11(16)9-12/h7-9,17H,4-6H2,1-3H3. The van der Waals surface area contributed by atoms with Crippen molar-refractivity contribution in [2.75, 3.05) is 20.3 Å². The molecule has 0 fully saturated rings. The SMILES string of the molecule is CCOC(=O)C(C)(CCOc1cc(F)cc(F)c1)NC. The summed E-state index contributed by atoms with van der Waals surface area (Å²) in [5, 5.41) is 2.87. The van der Waals surface area contributed by atoms with Crippen LogP contribution in [0, 0.1) is 11.6 Å². The van der Waals surface area contributed by atoms with Gasteiger partial charge >= 0.3 is 5.97 Å². The van der Waals surface area contributed by atoms with Crippen molar-refractivity contribution in [1.29, 1.82) is 0 Å². The maximum absolute atomic E-state index is 13.0. The number of hydrogen-bond donors (Lipinski definition) is 1. The summed E-state index contributed by atoms with van der Waals surface area (Å²) in [4.78, 5) is 11.8. The second-order valence-electron chi connectivity index (χ2n) is 4.51. The van der Waals surface area contributed by atoms with Gasteiger partial charge in [-0.3, -0.25) is 4.79 Å². The molecule has 0 aliphatic carbocycles. The Balaban J connectivity index is 2.59. The van der Waals surface area contributed by atoms with Gasteiger partial charge in [0, 0.05) is 24.6 Å². The van der Waals surface area contributed by atoms with Gasteiger partial charge in [0.15, 0.2) is 0 Å². The monoisotopic (exact) mass is 287 g/mol. The van der Waals surface area contributed by atoms with Gasteiger partial charge in [-0.2, -0.15) is 0 Å². The summed E-state index contributed by atoms with van der Waals surface area (Å²) >= 11 is 0. The lowest BCUT2D eigenvalue weighted by atomic mass is 9.99. The first-order valence-electron chi connectivity index (χ1n) is 6.36. The van der Waals surface area contributed by atoms with Gasteiger partial charge in [-0.1, -0.05) is 0 Å². The zero-order chi connectivity index (χ0) is 15.2. The highest BCUT2D eigenvalue weighted by molar-refractivity contribution is 5.80. The van der Waals surface area contributed by atoms with E-state index in [1.807, 2.05) is 0 Å². The van der Waals surface area contributed by atoms with Gasteiger partial charge in [0.2, 0.25) is 0 Å². The average Bonchev–Trinajstić information content (AvgIpc) is 2.37. The second-order valence-corrected chi connectivity index (χ2v) is 4.51. The van der Waals surface area contributed by atoms with Crippen LogP contribution in [0.15, 0.2) is 18.2 Å². The van der Waals surface area contributed by atoms with Gasteiger partial charge in [0.05, 0.1) is 13.2 Å². The lowest BCUT2D eigenvalue weighted by Crippen LogP contribution is -2.49. The molecule has 0 heterocycles. The van der Waals surface area contributed by atoms with Gasteiger partial charge in [-0.15, -0.1) is 0 Å². The Bertz CT molecular complexity index is 447. The van der Waals surface area contributed by atoms with E-state index in [9.17, 15) is 13.6 Å². The van der Waals surface area contributed by atoms with E-state index in [1.54, 1.807) is 20.9 Å². The van der Waals surface area contributed by atoms with Gasteiger partial charge in [0.1, 0.15) is 22.9 Å². The van der Waals surface area contributed by atoms with E-state index in [-0.39, 0.29) is 19.0 Å². The number of carbonyl (C=O) groups excluding carboxylic acids is 1. The molecule has 112 valence electrons. The highest BCUT2D eigenvalue weighted by atomic mass is 19.1. The van der Waals surface area contributed by atoms with Crippen molar-refractivity contribution in [1.82, 2.24) is 5.32 Å². The van der Waals surface area contributed by atoms with E-state index in [0.29, 0.717) is 6.42 Å². The fourth-order valence-electron chi connectivity index (χ4n) is 1.60. The predicted octanol–water partition coefficient (Wildman–Crippen LogP) is 2.27. The van der Waals surface area contributed by atoms with E-state index >= 15 is 0 Å². The first-order chi connectivity index (χ1) is 9.41. The first kappa shape index (κ1) is 16.4. The van der Waals surface area contributed by atoms with Crippen molar-refractivity contribution in [2.24, 2.45) is 0 Å². The van der Waals surface area contributed by atoms with Crippen LogP contribution in [0.4, 0.5) is 8.78 Å². The zero-order valence-corrected chi connectivity index (χ0v) is 11.8. The number of carbonyl (C=O) groups is 1. The summed E-state index contributed by atoms with van der Waals surface area (Å²) in [6.07, 6.45) is 0.306. The molecule has 0 bridgehead atoms. The number of likely N-dealkylation sites (N-methyl/N-ethyl adjacent to an activating group) is 1. The fraction of sp³-hybridized carbons (Fsp3) is 0.500. The maximum atomic E-state index is 13.0. The summed E-state index contributed by atoms with van der Waals surface area (Å²) in [5.74, 6) is -1.72. The Morgan fingerprint density at radius 3 is 2.40 bits per heavy atom. The average molecular weight is 287 g/mol. The van der Waals surface area contributed by atoms with Crippen molar-refractivity contribution in [3.63, 3.8) is 0 Å². The summed E-state index contributed by atoms with van der Waals surface area (Å²) < 4.78 is 36.2. The topological polar surface area (TPSA) is 47.6 Å². The summed E-state index contributed by atoms with van der Waals surface area (Å²) in [6, 6.07) is 2.94. The molecule has 0 saturated heterocycles. The molecule has 6 heteroatoms. The van der Waals surface area contributed by atoms with Crippen LogP contribution < -0.4 is 10.1 Å². The molecular formula is C14H19F2NO3. The third kappa shape index (κ3) is 4.45. The zero-order valence-electron chi connectivity index (χ0n) is 11.8. The molecule has 1 aromatic carbocycles. The Kier molecular flexibility index (Phi) is 5.88. The number of rotatable bonds is 7. The lowest BCUT2D eigenvalue weighted by Gasteiger charge is -2.26. The largest absolute Gasteiger partial charge is 0.493 e. The lowest BCUT2D eigenvalue weighted by molar-refractivity contribution is -0.150. The summed E-state index contributed by atoms with van der Waals surface area (Å²) in [7, 11) is 1.64. The molecule has 0 aromatic heterocycles. The summed E-state index contributed by atoms with van der Waals surface area (Å²) in [5.41, 5.74) is -0.901. The van der Waals surface area contributed by atoms with E-state index in [1.165, 1.54) is 0 Å². The van der Waals surface area contributed by atoms with Crippen LogP contribution >= 0.6 is 0 Å². The van der Waals surface area contributed by atoms with Crippen molar-refractivity contribution in [2.45, 2.75) is 25.8 Å². The van der Waals surface area contributed by atoms with Crippen molar-refractivity contribution < 1.29 is 23.0 Å². The molecule has 4 nitrogen and oxygen atoms in total. The van der Waals surface area contributed by atoms with E-state index in [0.717, 1.165) is 18.2 Å². The summed E-state index contributed by atoms with van der Waals surface area (Å²) in [6.45, 7) is 3.81. The Morgan fingerprint density at radius 1 is 1.30 bits per heavy atom. The molecule has 1 rings (SSSR count). The second kappa shape index (κ2) is 7.19. The Morgan fingerprint density at radius 2 is 1.90 bits per heavy atom. The fourth-order valence-corrected chi connectivity index (χ4v) is 1.60. The van der Waals surface area contributed by atoms with Gasteiger partial charge in [-0.25, -0.2) is 8.78 Å². The highest BCUT2D eigenvalue weighted by Crippen LogP contribution is 2.17. The third-order valence-corrected chi connectivity index (χ3v) is 2.98. The quantitative estimate of drug-likeness (QED) is 0.782. The minimum atomic E-state index is -0.901. The number of esters is 1. The molecule has 1 N–H and O–H groups in total. The number of nitrogens with one attached hydrogen (secondary N) is 1. The number of benzene rings is 1. The minimum Gasteiger partial charge on any atom is -0.493 e. The Hall–Kier alpha value is -1.69. The molecule has 0 radical (unpaired) electrons. The molecule has 20 heavy (non-hydrogen) atoms. The van der Waals surface area contributed by atoms with Crippen LogP contribution in [0.2, 0.25) is 0 Å². The smallest absolute Gasteiger partial charge is 0.326 e. The van der Waals surface area contributed by atoms with E-state index < -0.39 is 23.1 Å². The van der Waals surface area contributed by atoms with Crippen molar-refractivity contribution in [3.05, 3.63) is 29.8 Å². The van der Waals surface area contributed by atoms with Crippen LogP contribution in [0.25, 0.3) is 0 Å². The van der Waals surface area contributed by atoms with Crippen molar-refractivity contribution >= 4 is 5.97 Å². The van der Waals surface area contributed by atoms with E-state index in [2.05, 4.69) is 5.32 Å². The Labute approximate surface area is 117 Å². The van der Waals surface area contributed by atoms with Gasteiger partial charge in [0.25, 0.3) is 0 Å². The highest BCUT2D eigenvalue weighted by Gasteiger charge is 2.32. The predicted molar refractivity (Wildman–Crippen MR) is 70.6 cm³/mol. The molecule has 1 unspecified atom stereocenters. The number of hydrogen-bond acceptors (Lipinski definition) is 4. The van der Waals surface area contributed by atoms with Gasteiger partial charge in [-0.05, 0) is 20.9 Å². The normalized spacial score (nSPS) is 13.7. The molecule has 0 saturated carbocycles. The van der Waals surface area contributed by atoms with Crippen molar-refractivity contribution in [3.8, 4) is 5.75 Å². The van der Waals surface area contributed by atoms with Crippen LogP contribution in [0.5, 0.6) is 5.75 Å². The van der Waals surface area contributed by atoms with Gasteiger partial charge < -0.3 is 14.8 Å². The molecule has 0 aliphatic heterocycles. The molecule has 1 aromatic rings. The third-order valence-electron chi connectivity index (χ3n) is 2.98. The molecule has 0 spiro atoms. The van der Waals surface area contributed by atoms with Crippen LogP contribution in [-0.2, 0) is 9.53 Å². The van der Waals surface area contributed by atoms with Crippen LogP contribution in [0.1, 0.15) is 20.3 Å². The number of ether oxygens (including phenoxy) is 2. The molecule has 1 atom stereocenters. The molecular weight excluding hydrogens is 268 g/mol.